The lowest BCUT2D eigenvalue weighted by atomic mass is 9.73. The summed E-state index contributed by atoms with van der Waals surface area (Å²) in [6, 6.07) is -0.238. The first kappa shape index (κ1) is 17.2. The van der Waals surface area contributed by atoms with Crippen LogP contribution in [0.1, 0.15) is 65.2 Å². The Hall–Kier alpha value is -1.59. The number of imide groups is 1. The molecule has 1 saturated heterocycles. The minimum Gasteiger partial charge on any atom is -0.352 e. The van der Waals surface area contributed by atoms with Crippen molar-refractivity contribution in [2.75, 3.05) is 6.54 Å². The summed E-state index contributed by atoms with van der Waals surface area (Å²) in [5, 5.41) is 5.89. The van der Waals surface area contributed by atoms with Crippen molar-refractivity contribution >= 4 is 17.8 Å². The number of nitrogens with zero attached hydrogens (tertiary/aromatic N) is 1. The first-order valence-corrected chi connectivity index (χ1v) is 9.36. The molecule has 6 heteroatoms. The number of amides is 4. The van der Waals surface area contributed by atoms with Gasteiger partial charge in [0.25, 0.3) is 5.91 Å². The Morgan fingerprint density at radius 1 is 1.17 bits per heavy atom. The zero-order valence-corrected chi connectivity index (χ0v) is 14.8. The second kappa shape index (κ2) is 6.73. The summed E-state index contributed by atoms with van der Waals surface area (Å²) in [4.78, 5) is 38.5. The lowest BCUT2D eigenvalue weighted by Crippen LogP contribution is -2.54. The van der Waals surface area contributed by atoms with Gasteiger partial charge in [0, 0.05) is 6.04 Å². The normalized spacial score (nSPS) is 36.8. The number of nitrogens with one attached hydrogen (secondary N) is 2. The van der Waals surface area contributed by atoms with Crippen molar-refractivity contribution in [1.82, 2.24) is 15.5 Å². The van der Waals surface area contributed by atoms with Gasteiger partial charge in [-0.15, -0.1) is 0 Å². The summed E-state index contributed by atoms with van der Waals surface area (Å²) in [5.41, 5.74) is -0.782. The van der Waals surface area contributed by atoms with Gasteiger partial charge in [-0.2, -0.15) is 0 Å². The number of hydrogen-bond donors (Lipinski definition) is 2. The molecule has 3 fully saturated rings. The highest BCUT2D eigenvalue weighted by Crippen LogP contribution is 2.38. The SMILES string of the molecule is CC1CCC(NC(=O)CN2C(=O)N[C@@]3(CCCC[C@@H]3C)C2=O)CC1. The van der Waals surface area contributed by atoms with E-state index in [-0.39, 0.29) is 30.3 Å². The van der Waals surface area contributed by atoms with Crippen molar-refractivity contribution in [3.05, 3.63) is 0 Å². The molecule has 24 heavy (non-hydrogen) atoms. The largest absolute Gasteiger partial charge is 0.352 e. The van der Waals surface area contributed by atoms with Crippen LogP contribution in [0, 0.1) is 11.8 Å². The molecule has 2 saturated carbocycles. The monoisotopic (exact) mass is 335 g/mol. The lowest BCUT2D eigenvalue weighted by molar-refractivity contribution is -0.137. The van der Waals surface area contributed by atoms with Crippen LogP contribution in [0.5, 0.6) is 0 Å². The molecule has 0 unspecified atom stereocenters. The van der Waals surface area contributed by atoms with E-state index in [0.717, 1.165) is 55.8 Å². The van der Waals surface area contributed by atoms with Gasteiger partial charge >= 0.3 is 6.03 Å². The molecule has 1 aliphatic heterocycles. The third kappa shape index (κ3) is 3.15. The minimum atomic E-state index is -0.782. The van der Waals surface area contributed by atoms with E-state index in [0.29, 0.717) is 6.42 Å². The summed E-state index contributed by atoms with van der Waals surface area (Å²) >= 11 is 0. The topological polar surface area (TPSA) is 78.5 Å². The maximum Gasteiger partial charge on any atom is 0.325 e. The van der Waals surface area contributed by atoms with E-state index in [1.165, 1.54) is 0 Å². The molecule has 2 N–H and O–H groups in total. The number of carbonyl (C=O) groups excluding carboxylic acids is 3. The highest BCUT2D eigenvalue weighted by Gasteiger charge is 2.55. The Morgan fingerprint density at radius 3 is 2.54 bits per heavy atom. The Morgan fingerprint density at radius 2 is 1.88 bits per heavy atom. The molecular weight excluding hydrogens is 306 g/mol. The van der Waals surface area contributed by atoms with E-state index in [1.54, 1.807) is 0 Å². The van der Waals surface area contributed by atoms with Crippen LogP contribution in [0.2, 0.25) is 0 Å². The molecule has 4 amide bonds. The van der Waals surface area contributed by atoms with Crippen molar-refractivity contribution in [3.8, 4) is 0 Å². The summed E-state index contributed by atoms with van der Waals surface area (Å²) < 4.78 is 0. The summed E-state index contributed by atoms with van der Waals surface area (Å²) in [6.45, 7) is 4.09. The summed E-state index contributed by atoms with van der Waals surface area (Å²) in [7, 11) is 0. The zero-order chi connectivity index (χ0) is 17.3. The Balaban J connectivity index is 1.59. The van der Waals surface area contributed by atoms with Crippen molar-refractivity contribution in [2.24, 2.45) is 11.8 Å². The molecule has 0 aromatic carbocycles. The molecule has 0 bridgehead atoms. The molecule has 3 rings (SSSR count). The first-order chi connectivity index (χ1) is 11.4. The number of rotatable bonds is 3. The van der Waals surface area contributed by atoms with Crippen LogP contribution >= 0.6 is 0 Å². The van der Waals surface area contributed by atoms with Crippen LogP contribution in [0.25, 0.3) is 0 Å². The Bertz CT molecular complexity index is 528. The van der Waals surface area contributed by atoms with Gasteiger partial charge in [0.1, 0.15) is 12.1 Å². The third-order valence-electron chi connectivity index (χ3n) is 6.18. The van der Waals surface area contributed by atoms with Crippen LogP contribution in [-0.2, 0) is 9.59 Å². The predicted octanol–water partition coefficient (Wildman–Crippen LogP) is 2.18. The fraction of sp³-hybridized carbons (Fsp3) is 0.833. The van der Waals surface area contributed by atoms with Crippen LogP contribution < -0.4 is 10.6 Å². The average Bonchev–Trinajstić information content (AvgIpc) is 2.78. The van der Waals surface area contributed by atoms with Gasteiger partial charge < -0.3 is 10.6 Å². The second-order valence-corrected chi connectivity index (χ2v) is 7.96. The molecule has 2 aliphatic carbocycles. The van der Waals surface area contributed by atoms with Gasteiger partial charge in [0.2, 0.25) is 5.91 Å². The van der Waals surface area contributed by atoms with E-state index < -0.39 is 11.6 Å². The molecule has 0 aromatic heterocycles. The fourth-order valence-electron chi connectivity index (χ4n) is 4.46. The molecular formula is C18H29N3O3. The average molecular weight is 335 g/mol. The number of carbonyl (C=O) groups is 3. The van der Waals surface area contributed by atoms with Gasteiger partial charge in [0.15, 0.2) is 0 Å². The maximum atomic E-state index is 12.8. The van der Waals surface area contributed by atoms with Gasteiger partial charge in [0.05, 0.1) is 0 Å². The van der Waals surface area contributed by atoms with Crippen LogP contribution in [0.4, 0.5) is 4.79 Å². The molecule has 3 aliphatic rings. The standard InChI is InChI=1S/C18H29N3O3/c1-12-6-8-14(9-7-12)19-15(22)11-21-16(23)18(20-17(21)24)10-4-3-5-13(18)2/h12-14H,3-11H2,1-2H3,(H,19,22)(H,20,24)/t12?,13-,14?,18+/m0/s1. The van der Waals surface area contributed by atoms with Crippen molar-refractivity contribution in [2.45, 2.75) is 76.8 Å². The van der Waals surface area contributed by atoms with Crippen molar-refractivity contribution in [1.29, 1.82) is 0 Å². The van der Waals surface area contributed by atoms with E-state index in [2.05, 4.69) is 17.6 Å². The van der Waals surface area contributed by atoms with Crippen LogP contribution in [0.3, 0.4) is 0 Å². The quantitative estimate of drug-likeness (QED) is 0.776. The van der Waals surface area contributed by atoms with E-state index in [4.69, 9.17) is 0 Å². The van der Waals surface area contributed by atoms with Gasteiger partial charge in [-0.05, 0) is 50.4 Å². The van der Waals surface area contributed by atoms with Gasteiger partial charge in [-0.3, -0.25) is 14.5 Å². The van der Waals surface area contributed by atoms with E-state index >= 15 is 0 Å². The predicted molar refractivity (Wildman–Crippen MR) is 90.2 cm³/mol. The Labute approximate surface area is 143 Å². The zero-order valence-electron chi connectivity index (χ0n) is 14.8. The summed E-state index contributed by atoms with van der Waals surface area (Å²) in [5.74, 6) is 0.401. The number of urea groups is 1. The van der Waals surface area contributed by atoms with Crippen LogP contribution in [-0.4, -0.2) is 40.9 Å². The smallest absolute Gasteiger partial charge is 0.325 e. The summed E-state index contributed by atoms with van der Waals surface area (Å²) in [6.07, 6.45) is 7.85. The van der Waals surface area contributed by atoms with E-state index in [9.17, 15) is 14.4 Å². The molecule has 2 atom stereocenters. The first-order valence-electron chi connectivity index (χ1n) is 9.36. The molecule has 6 nitrogen and oxygen atoms in total. The Kier molecular flexibility index (Phi) is 4.83. The van der Waals surface area contributed by atoms with Crippen molar-refractivity contribution < 1.29 is 14.4 Å². The lowest BCUT2D eigenvalue weighted by Gasteiger charge is -2.36. The molecule has 1 spiro atoms. The fourth-order valence-corrected chi connectivity index (χ4v) is 4.46. The van der Waals surface area contributed by atoms with Gasteiger partial charge in [-0.1, -0.05) is 26.7 Å². The molecule has 0 radical (unpaired) electrons. The minimum absolute atomic E-state index is 0.121. The molecule has 0 aromatic rings. The number of hydrogen-bond acceptors (Lipinski definition) is 3. The maximum absolute atomic E-state index is 12.8. The van der Waals surface area contributed by atoms with E-state index in [1.807, 2.05) is 6.92 Å². The van der Waals surface area contributed by atoms with Crippen molar-refractivity contribution in [3.63, 3.8) is 0 Å². The second-order valence-electron chi connectivity index (χ2n) is 7.96. The third-order valence-corrected chi connectivity index (χ3v) is 6.18. The van der Waals surface area contributed by atoms with Gasteiger partial charge in [-0.25, -0.2) is 4.79 Å². The highest BCUT2D eigenvalue weighted by atomic mass is 16.2. The molecule has 1 heterocycles. The highest BCUT2D eigenvalue weighted by molar-refractivity contribution is 6.09. The molecule has 134 valence electrons. The van der Waals surface area contributed by atoms with Crippen LogP contribution in [0.15, 0.2) is 0 Å².